The van der Waals surface area contributed by atoms with E-state index in [2.05, 4.69) is 15.3 Å². The molecule has 0 aliphatic carbocycles. The van der Waals surface area contributed by atoms with Crippen molar-refractivity contribution in [1.29, 1.82) is 0 Å². The Morgan fingerprint density at radius 3 is 2.83 bits per heavy atom. The van der Waals surface area contributed by atoms with E-state index < -0.39 is 0 Å². The Hall–Kier alpha value is -2.76. The number of nitrogens with zero attached hydrogens (tertiary/aromatic N) is 3. The van der Waals surface area contributed by atoms with Crippen LogP contribution in [0.3, 0.4) is 0 Å². The second kappa shape index (κ2) is 7.68. The van der Waals surface area contributed by atoms with Gasteiger partial charge in [-0.2, -0.15) is 0 Å². The van der Waals surface area contributed by atoms with Crippen LogP contribution in [0.15, 0.2) is 42.9 Å². The number of carbonyl (C=O) groups excluding carboxylic acids is 2. The quantitative estimate of drug-likeness (QED) is 0.823. The highest BCUT2D eigenvalue weighted by Crippen LogP contribution is 2.15. The molecule has 0 unspecified atom stereocenters. The van der Waals surface area contributed by atoms with Crippen molar-refractivity contribution < 1.29 is 9.59 Å². The summed E-state index contributed by atoms with van der Waals surface area (Å²) >= 11 is 0. The molecule has 3 rings (SSSR count). The molecule has 0 saturated carbocycles. The molecule has 6 heteroatoms. The van der Waals surface area contributed by atoms with Crippen LogP contribution in [-0.2, 0) is 4.79 Å². The van der Waals surface area contributed by atoms with Crippen LogP contribution in [0.1, 0.15) is 29.6 Å². The monoisotopic (exact) mass is 324 g/mol. The molecular formula is C18H20N4O2. The summed E-state index contributed by atoms with van der Waals surface area (Å²) in [5.74, 6) is 0.0736. The molecule has 1 fully saturated rings. The summed E-state index contributed by atoms with van der Waals surface area (Å²) in [6, 6.07) is 7.35. The van der Waals surface area contributed by atoms with Gasteiger partial charge in [0, 0.05) is 50.2 Å². The van der Waals surface area contributed by atoms with E-state index in [1.807, 2.05) is 23.1 Å². The summed E-state index contributed by atoms with van der Waals surface area (Å²) in [4.78, 5) is 33.8. The molecule has 2 amide bonds. The number of hydrogen-bond donors (Lipinski definition) is 1. The van der Waals surface area contributed by atoms with Crippen LogP contribution >= 0.6 is 0 Å². The van der Waals surface area contributed by atoms with Crippen LogP contribution in [0, 0.1) is 0 Å². The fourth-order valence-electron chi connectivity index (χ4n) is 2.73. The summed E-state index contributed by atoms with van der Waals surface area (Å²) < 4.78 is 0. The highest BCUT2D eigenvalue weighted by Gasteiger charge is 2.19. The fraction of sp³-hybridized carbons (Fsp3) is 0.333. The summed E-state index contributed by atoms with van der Waals surface area (Å²) in [6.45, 7) is 2.09. The first-order valence-corrected chi connectivity index (χ1v) is 8.16. The zero-order chi connectivity index (χ0) is 16.8. The van der Waals surface area contributed by atoms with Crippen molar-refractivity contribution in [3.05, 3.63) is 48.4 Å². The third kappa shape index (κ3) is 3.95. The summed E-state index contributed by atoms with van der Waals surface area (Å²) in [7, 11) is 0. The SMILES string of the molecule is O=C(NCCCN1CCCC1=O)c1ccc(-c2cccnc2)nc1. The second-order valence-corrected chi connectivity index (χ2v) is 5.77. The maximum absolute atomic E-state index is 12.1. The van der Waals surface area contributed by atoms with E-state index in [4.69, 9.17) is 0 Å². The Balaban J connectivity index is 1.47. The van der Waals surface area contributed by atoms with E-state index in [-0.39, 0.29) is 11.8 Å². The lowest BCUT2D eigenvalue weighted by molar-refractivity contribution is -0.127. The maximum Gasteiger partial charge on any atom is 0.252 e. The minimum atomic E-state index is -0.145. The Morgan fingerprint density at radius 1 is 1.25 bits per heavy atom. The molecule has 24 heavy (non-hydrogen) atoms. The molecule has 0 atom stereocenters. The van der Waals surface area contributed by atoms with Crippen molar-refractivity contribution in [2.75, 3.05) is 19.6 Å². The molecule has 124 valence electrons. The molecule has 1 aliphatic rings. The molecule has 1 aliphatic heterocycles. The number of amides is 2. The number of nitrogens with one attached hydrogen (secondary N) is 1. The van der Waals surface area contributed by atoms with E-state index in [1.54, 1.807) is 24.7 Å². The van der Waals surface area contributed by atoms with Crippen LogP contribution in [0.2, 0.25) is 0 Å². The van der Waals surface area contributed by atoms with Crippen molar-refractivity contribution in [3.63, 3.8) is 0 Å². The van der Waals surface area contributed by atoms with Gasteiger partial charge >= 0.3 is 0 Å². The Morgan fingerprint density at radius 2 is 2.17 bits per heavy atom. The van der Waals surface area contributed by atoms with Crippen molar-refractivity contribution in [2.24, 2.45) is 0 Å². The van der Waals surface area contributed by atoms with E-state index in [1.165, 1.54) is 0 Å². The first-order valence-electron chi connectivity index (χ1n) is 8.16. The Bertz CT molecular complexity index is 701. The lowest BCUT2D eigenvalue weighted by Crippen LogP contribution is -2.30. The normalized spacial score (nSPS) is 14.0. The molecule has 0 spiro atoms. The van der Waals surface area contributed by atoms with Gasteiger partial charge in [-0.1, -0.05) is 0 Å². The third-order valence-corrected chi connectivity index (χ3v) is 4.04. The Kier molecular flexibility index (Phi) is 5.15. The van der Waals surface area contributed by atoms with Gasteiger partial charge in [0.25, 0.3) is 5.91 Å². The summed E-state index contributed by atoms with van der Waals surface area (Å²) in [5, 5.41) is 2.87. The van der Waals surface area contributed by atoms with Gasteiger partial charge in [0.15, 0.2) is 0 Å². The molecule has 6 nitrogen and oxygen atoms in total. The first kappa shape index (κ1) is 16.1. The van der Waals surface area contributed by atoms with Gasteiger partial charge in [-0.3, -0.25) is 19.6 Å². The van der Waals surface area contributed by atoms with Gasteiger partial charge in [0.05, 0.1) is 11.3 Å². The zero-order valence-corrected chi connectivity index (χ0v) is 13.4. The number of rotatable bonds is 6. The molecule has 1 N–H and O–H groups in total. The first-order chi connectivity index (χ1) is 11.7. The molecule has 0 aromatic carbocycles. The van der Waals surface area contributed by atoms with Crippen LogP contribution in [0.4, 0.5) is 0 Å². The second-order valence-electron chi connectivity index (χ2n) is 5.77. The average molecular weight is 324 g/mol. The van der Waals surface area contributed by atoms with Crippen molar-refractivity contribution in [1.82, 2.24) is 20.2 Å². The van der Waals surface area contributed by atoms with Gasteiger partial charge in [-0.05, 0) is 37.1 Å². The van der Waals surface area contributed by atoms with Crippen LogP contribution < -0.4 is 5.32 Å². The highest BCUT2D eigenvalue weighted by molar-refractivity contribution is 5.94. The molecule has 1 saturated heterocycles. The van der Waals surface area contributed by atoms with Crippen molar-refractivity contribution >= 4 is 11.8 Å². The van der Waals surface area contributed by atoms with E-state index >= 15 is 0 Å². The number of pyridine rings is 2. The van der Waals surface area contributed by atoms with Crippen LogP contribution in [0.25, 0.3) is 11.3 Å². The van der Waals surface area contributed by atoms with Gasteiger partial charge in [0.2, 0.25) is 5.91 Å². The maximum atomic E-state index is 12.1. The van der Waals surface area contributed by atoms with E-state index in [9.17, 15) is 9.59 Å². The molecule has 0 bridgehead atoms. The van der Waals surface area contributed by atoms with Gasteiger partial charge in [-0.25, -0.2) is 0 Å². The lowest BCUT2D eigenvalue weighted by atomic mass is 10.1. The predicted octanol–water partition coefficient (Wildman–Crippen LogP) is 1.89. The van der Waals surface area contributed by atoms with Crippen LogP contribution in [0.5, 0.6) is 0 Å². The number of carbonyl (C=O) groups is 2. The van der Waals surface area contributed by atoms with Crippen molar-refractivity contribution in [2.45, 2.75) is 19.3 Å². The lowest BCUT2D eigenvalue weighted by Gasteiger charge is -2.15. The average Bonchev–Trinajstić information content (AvgIpc) is 3.04. The minimum Gasteiger partial charge on any atom is -0.352 e. The Labute approximate surface area is 140 Å². The number of aromatic nitrogens is 2. The van der Waals surface area contributed by atoms with Crippen LogP contribution in [-0.4, -0.2) is 46.3 Å². The molecule has 0 radical (unpaired) electrons. The third-order valence-electron chi connectivity index (χ3n) is 4.04. The molecular weight excluding hydrogens is 304 g/mol. The number of hydrogen-bond acceptors (Lipinski definition) is 4. The smallest absolute Gasteiger partial charge is 0.252 e. The fourth-order valence-corrected chi connectivity index (χ4v) is 2.73. The number of likely N-dealkylation sites (tertiary alicyclic amines) is 1. The topological polar surface area (TPSA) is 75.2 Å². The molecule has 3 heterocycles. The summed E-state index contributed by atoms with van der Waals surface area (Å²) in [5.41, 5.74) is 2.23. The van der Waals surface area contributed by atoms with Gasteiger partial charge in [-0.15, -0.1) is 0 Å². The van der Waals surface area contributed by atoms with E-state index in [0.717, 1.165) is 30.6 Å². The predicted molar refractivity (Wildman–Crippen MR) is 90.2 cm³/mol. The van der Waals surface area contributed by atoms with E-state index in [0.29, 0.717) is 25.1 Å². The highest BCUT2D eigenvalue weighted by atomic mass is 16.2. The largest absolute Gasteiger partial charge is 0.352 e. The molecule has 2 aromatic heterocycles. The van der Waals surface area contributed by atoms with Gasteiger partial charge in [0.1, 0.15) is 0 Å². The van der Waals surface area contributed by atoms with Gasteiger partial charge < -0.3 is 10.2 Å². The minimum absolute atomic E-state index is 0.145. The standard InChI is InChI=1S/C18H20N4O2/c23-17-5-2-10-22(17)11-3-9-20-18(24)15-6-7-16(21-13-15)14-4-1-8-19-12-14/h1,4,6-8,12-13H,2-3,5,9-11H2,(H,20,24). The summed E-state index contributed by atoms with van der Waals surface area (Å²) in [6.07, 6.45) is 7.38. The van der Waals surface area contributed by atoms with Crippen molar-refractivity contribution in [3.8, 4) is 11.3 Å². The molecule has 2 aromatic rings. The zero-order valence-electron chi connectivity index (χ0n) is 13.4.